The Bertz CT molecular complexity index is 433. The molecule has 0 atom stereocenters. The van der Waals surface area contributed by atoms with Crippen LogP contribution in [0.25, 0.3) is 0 Å². The molecule has 0 radical (unpaired) electrons. The third-order valence-corrected chi connectivity index (χ3v) is 3.21. The molecule has 19 heavy (non-hydrogen) atoms. The highest BCUT2D eigenvalue weighted by molar-refractivity contribution is 5.59. The number of nitrogens with zero attached hydrogens (tertiary/aromatic N) is 1. The van der Waals surface area contributed by atoms with E-state index >= 15 is 0 Å². The van der Waals surface area contributed by atoms with Crippen LogP contribution in [0.3, 0.4) is 0 Å². The number of aliphatic hydroxyl groups is 1. The molecule has 0 bridgehead atoms. The SMILES string of the molecule is COc1cc(C)c(N(C)CC(C)(C)O)cc1C(C)C. The molecule has 0 aliphatic carbocycles. The predicted octanol–water partition coefficient (Wildman–Crippen LogP) is 3.33. The lowest BCUT2D eigenvalue weighted by Crippen LogP contribution is -2.36. The summed E-state index contributed by atoms with van der Waals surface area (Å²) in [5.74, 6) is 1.35. The summed E-state index contributed by atoms with van der Waals surface area (Å²) in [5, 5.41) is 9.95. The Kier molecular flexibility index (Phi) is 4.86. The average molecular weight is 265 g/mol. The van der Waals surface area contributed by atoms with Gasteiger partial charge in [-0.1, -0.05) is 13.8 Å². The smallest absolute Gasteiger partial charge is 0.122 e. The van der Waals surface area contributed by atoms with E-state index in [1.807, 2.05) is 20.9 Å². The van der Waals surface area contributed by atoms with Crippen molar-refractivity contribution in [2.45, 2.75) is 46.1 Å². The molecule has 0 amide bonds. The fraction of sp³-hybridized carbons (Fsp3) is 0.625. The molecule has 0 fully saturated rings. The van der Waals surface area contributed by atoms with Gasteiger partial charge in [0.2, 0.25) is 0 Å². The summed E-state index contributed by atoms with van der Waals surface area (Å²) < 4.78 is 5.46. The lowest BCUT2D eigenvalue weighted by molar-refractivity contribution is 0.0886. The largest absolute Gasteiger partial charge is 0.496 e. The highest BCUT2D eigenvalue weighted by Crippen LogP contribution is 2.33. The van der Waals surface area contributed by atoms with Crippen molar-refractivity contribution in [3.8, 4) is 5.75 Å². The zero-order valence-corrected chi connectivity index (χ0v) is 13.2. The van der Waals surface area contributed by atoms with Crippen molar-refractivity contribution in [1.82, 2.24) is 0 Å². The second kappa shape index (κ2) is 5.83. The van der Waals surface area contributed by atoms with Gasteiger partial charge in [-0.15, -0.1) is 0 Å². The number of anilines is 1. The summed E-state index contributed by atoms with van der Waals surface area (Å²) in [6, 6.07) is 4.25. The summed E-state index contributed by atoms with van der Waals surface area (Å²) in [7, 11) is 3.72. The van der Waals surface area contributed by atoms with Crippen molar-refractivity contribution in [1.29, 1.82) is 0 Å². The number of rotatable bonds is 5. The van der Waals surface area contributed by atoms with E-state index in [-0.39, 0.29) is 0 Å². The van der Waals surface area contributed by atoms with E-state index in [1.54, 1.807) is 7.11 Å². The minimum Gasteiger partial charge on any atom is -0.496 e. The molecule has 0 spiro atoms. The van der Waals surface area contributed by atoms with Crippen molar-refractivity contribution >= 4 is 5.69 Å². The van der Waals surface area contributed by atoms with E-state index in [1.165, 1.54) is 5.56 Å². The van der Waals surface area contributed by atoms with Crippen LogP contribution in [-0.2, 0) is 0 Å². The first-order chi connectivity index (χ1) is 8.65. The molecule has 0 saturated heterocycles. The third-order valence-electron chi connectivity index (χ3n) is 3.21. The maximum Gasteiger partial charge on any atom is 0.122 e. The number of hydrogen-bond acceptors (Lipinski definition) is 3. The molecule has 3 heteroatoms. The normalized spacial score (nSPS) is 11.8. The van der Waals surface area contributed by atoms with Crippen LogP contribution in [0, 0.1) is 6.92 Å². The Labute approximate surface area is 117 Å². The Balaban J connectivity index is 3.18. The van der Waals surface area contributed by atoms with E-state index in [9.17, 15) is 5.11 Å². The molecule has 0 aliphatic heterocycles. The number of methoxy groups -OCH3 is 1. The fourth-order valence-corrected chi connectivity index (χ4v) is 2.39. The molecule has 108 valence electrons. The first kappa shape index (κ1) is 15.8. The molecular weight excluding hydrogens is 238 g/mol. The summed E-state index contributed by atoms with van der Waals surface area (Å²) >= 11 is 0. The van der Waals surface area contributed by atoms with Gasteiger partial charge >= 0.3 is 0 Å². The zero-order valence-electron chi connectivity index (χ0n) is 13.2. The van der Waals surface area contributed by atoms with E-state index in [0.29, 0.717) is 12.5 Å². The van der Waals surface area contributed by atoms with Crippen LogP contribution < -0.4 is 9.64 Å². The van der Waals surface area contributed by atoms with Crippen molar-refractivity contribution < 1.29 is 9.84 Å². The van der Waals surface area contributed by atoms with Gasteiger partial charge in [-0.2, -0.15) is 0 Å². The molecule has 1 N–H and O–H groups in total. The van der Waals surface area contributed by atoms with Gasteiger partial charge in [-0.25, -0.2) is 0 Å². The molecule has 1 aromatic rings. The third kappa shape index (κ3) is 4.13. The average Bonchev–Trinajstić information content (AvgIpc) is 2.25. The van der Waals surface area contributed by atoms with Gasteiger partial charge in [-0.3, -0.25) is 0 Å². The minimum absolute atomic E-state index is 0.407. The summed E-state index contributed by atoms with van der Waals surface area (Å²) in [5.41, 5.74) is 2.80. The Morgan fingerprint density at radius 2 is 1.89 bits per heavy atom. The van der Waals surface area contributed by atoms with Crippen LogP contribution >= 0.6 is 0 Å². The van der Waals surface area contributed by atoms with Gasteiger partial charge in [0.05, 0.1) is 12.7 Å². The number of likely N-dealkylation sites (N-methyl/N-ethyl adjacent to an activating group) is 1. The van der Waals surface area contributed by atoms with Crippen LogP contribution in [-0.4, -0.2) is 31.4 Å². The van der Waals surface area contributed by atoms with Crippen LogP contribution in [0.4, 0.5) is 5.69 Å². The molecule has 1 rings (SSSR count). The van der Waals surface area contributed by atoms with Gasteiger partial charge in [0.15, 0.2) is 0 Å². The summed E-state index contributed by atoms with van der Waals surface area (Å²) in [4.78, 5) is 2.10. The lowest BCUT2D eigenvalue weighted by Gasteiger charge is -2.29. The molecule has 0 saturated carbocycles. The van der Waals surface area contributed by atoms with Crippen molar-refractivity contribution in [2.75, 3.05) is 25.6 Å². The highest BCUT2D eigenvalue weighted by atomic mass is 16.5. The van der Waals surface area contributed by atoms with Crippen LogP contribution in [0.1, 0.15) is 44.7 Å². The zero-order chi connectivity index (χ0) is 14.8. The molecule has 0 unspecified atom stereocenters. The van der Waals surface area contributed by atoms with Crippen LogP contribution in [0.2, 0.25) is 0 Å². The Hall–Kier alpha value is -1.22. The Morgan fingerprint density at radius 1 is 1.32 bits per heavy atom. The first-order valence-corrected chi connectivity index (χ1v) is 6.77. The number of benzene rings is 1. The van der Waals surface area contributed by atoms with Crippen molar-refractivity contribution in [2.24, 2.45) is 0 Å². The quantitative estimate of drug-likeness (QED) is 0.886. The maximum absolute atomic E-state index is 9.95. The second-order valence-electron chi connectivity index (χ2n) is 6.20. The van der Waals surface area contributed by atoms with E-state index in [2.05, 4.69) is 37.8 Å². The standard InChI is InChI=1S/C16H27NO2/c1-11(2)13-9-14(12(3)8-15(13)19-7)17(6)10-16(4,5)18/h8-9,11,18H,10H2,1-7H3. The van der Waals surface area contributed by atoms with Crippen LogP contribution in [0.5, 0.6) is 5.75 Å². The number of ether oxygens (including phenoxy) is 1. The fourth-order valence-electron chi connectivity index (χ4n) is 2.39. The molecule has 0 aromatic heterocycles. The van der Waals surface area contributed by atoms with Gasteiger partial charge < -0.3 is 14.7 Å². The van der Waals surface area contributed by atoms with Gasteiger partial charge in [-0.05, 0) is 49.9 Å². The minimum atomic E-state index is -0.709. The maximum atomic E-state index is 9.95. The molecule has 0 heterocycles. The molecule has 1 aromatic carbocycles. The number of aryl methyl sites for hydroxylation is 1. The monoisotopic (exact) mass is 265 g/mol. The van der Waals surface area contributed by atoms with Gasteiger partial charge in [0.1, 0.15) is 5.75 Å². The summed E-state index contributed by atoms with van der Waals surface area (Å²) in [6.45, 7) is 10.6. The summed E-state index contributed by atoms with van der Waals surface area (Å²) in [6.07, 6.45) is 0. The van der Waals surface area contributed by atoms with E-state index < -0.39 is 5.60 Å². The molecule has 3 nitrogen and oxygen atoms in total. The predicted molar refractivity (Wildman–Crippen MR) is 81.4 cm³/mol. The molecule has 0 aliphatic rings. The van der Waals surface area contributed by atoms with E-state index in [0.717, 1.165) is 17.0 Å². The van der Waals surface area contributed by atoms with Crippen LogP contribution in [0.15, 0.2) is 12.1 Å². The van der Waals surface area contributed by atoms with Gasteiger partial charge in [0.25, 0.3) is 0 Å². The second-order valence-corrected chi connectivity index (χ2v) is 6.20. The topological polar surface area (TPSA) is 32.7 Å². The van der Waals surface area contributed by atoms with Crippen molar-refractivity contribution in [3.63, 3.8) is 0 Å². The Morgan fingerprint density at radius 3 is 2.32 bits per heavy atom. The van der Waals surface area contributed by atoms with Crippen molar-refractivity contribution in [3.05, 3.63) is 23.3 Å². The van der Waals surface area contributed by atoms with E-state index in [4.69, 9.17) is 4.74 Å². The first-order valence-electron chi connectivity index (χ1n) is 6.77. The molecular formula is C16H27NO2. The number of hydrogen-bond donors (Lipinski definition) is 1. The lowest BCUT2D eigenvalue weighted by atomic mass is 9.98. The highest BCUT2D eigenvalue weighted by Gasteiger charge is 2.19. The van der Waals surface area contributed by atoms with Gasteiger partial charge in [0, 0.05) is 19.3 Å².